The fourth-order valence-corrected chi connectivity index (χ4v) is 4.30. The first kappa shape index (κ1) is 16.9. The van der Waals surface area contributed by atoms with Crippen LogP contribution in [0.5, 0.6) is 0 Å². The minimum absolute atomic E-state index is 0.112. The van der Waals surface area contributed by atoms with Crippen molar-refractivity contribution < 1.29 is 13.5 Å². The van der Waals surface area contributed by atoms with Gasteiger partial charge in [0.1, 0.15) is 0 Å². The first-order chi connectivity index (χ1) is 10.1. The topological polar surface area (TPSA) is 60.9 Å². The maximum absolute atomic E-state index is 12.7. The van der Waals surface area contributed by atoms with E-state index in [1.165, 1.54) is 0 Å². The highest BCUT2D eigenvalue weighted by Crippen LogP contribution is 2.19. The lowest BCUT2D eigenvalue weighted by Crippen LogP contribution is -2.35. The number of nitrogens with zero attached hydrogens (tertiary/aromatic N) is 2. The lowest BCUT2D eigenvalue weighted by atomic mass is 10.2. The minimum Gasteiger partial charge on any atom is -0.395 e. The number of halogens is 1. The molecule has 1 saturated heterocycles. The van der Waals surface area contributed by atoms with Crippen LogP contribution >= 0.6 is 15.9 Å². The summed E-state index contributed by atoms with van der Waals surface area (Å²) in [4.78, 5) is 2.45. The third kappa shape index (κ3) is 4.26. The zero-order chi connectivity index (χ0) is 15.3. The number of benzene rings is 1. The number of alkyl halides is 1. The van der Waals surface area contributed by atoms with Gasteiger partial charge in [-0.3, -0.25) is 4.90 Å². The summed E-state index contributed by atoms with van der Waals surface area (Å²) in [6.07, 6.45) is 0.790. The Morgan fingerprint density at radius 2 is 1.81 bits per heavy atom. The molecule has 0 aliphatic carbocycles. The van der Waals surface area contributed by atoms with Gasteiger partial charge in [-0.15, -0.1) is 0 Å². The quantitative estimate of drug-likeness (QED) is 0.786. The normalized spacial score (nSPS) is 18.6. The molecule has 7 heteroatoms. The van der Waals surface area contributed by atoms with Gasteiger partial charge in [0, 0.05) is 31.5 Å². The minimum atomic E-state index is -3.42. The molecular weight excluding hydrogens is 356 g/mol. The largest absolute Gasteiger partial charge is 0.395 e. The van der Waals surface area contributed by atoms with Gasteiger partial charge in [0.2, 0.25) is 10.0 Å². The third-order valence-electron chi connectivity index (χ3n) is 3.68. The highest BCUT2D eigenvalue weighted by Gasteiger charge is 2.26. The Morgan fingerprint density at radius 1 is 1.10 bits per heavy atom. The highest BCUT2D eigenvalue weighted by molar-refractivity contribution is 9.08. The Labute approximate surface area is 134 Å². The third-order valence-corrected chi connectivity index (χ3v) is 6.24. The number of aliphatic hydroxyl groups is 1. The number of hydrogen-bond donors (Lipinski definition) is 1. The number of rotatable bonds is 5. The molecule has 0 spiro atoms. The summed E-state index contributed by atoms with van der Waals surface area (Å²) in [5, 5.41) is 9.70. The van der Waals surface area contributed by atoms with Gasteiger partial charge in [0.15, 0.2) is 0 Å². The fraction of sp³-hybridized carbons (Fsp3) is 0.571. The van der Waals surface area contributed by atoms with E-state index in [0.29, 0.717) is 36.4 Å². The van der Waals surface area contributed by atoms with E-state index in [1.807, 2.05) is 12.1 Å². The summed E-state index contributed by atoms with van der Waals surface area (Å²) < 4.78 is 26.9. The van der Waals surface area contributed by atoms with Gasteiger partial charge in [-0.05, 0) is 30.7 Å². The van der Waals surface area contributed by atoms with Crippen molar-refractivity contribution in [1.29, 1.82) is 0 Å². The average Bonchev–Trinajstić information content (AvgIpc) is 2.74. The van der Waals surface area contributed by atoms with Crippen LogP contribution in [0, 0.1) is 0 Å². The number of hydrogen-bond acceptors (Lipinski definition) is 4. The van der Waals surface area contributed by atoms with Gasteiger partial charge in [-0.2, -0.15) is 4.31 Å². The second-order valence-electron chi connectivity index (χ2n) is 5.10. The molecule has 118 valence electrons. The van der Waals surface area contributed by atoms with Gasteiger partial charge in [-0.1, -0.05) is 28.1 Å². The van der Waals surface area contributed by atoms with E-state index in [-0.39, 0.29) is 6.61 Å². The van der Waals surface area contributed by atoms with Crippen molar-refractivity contribution in [3.8, 4) is 0 Å². The van der Waals surface area contributed by atoms with Crippen molar-refractivity contribution in [2.45, 2.75) is 16.6 Å². The van der Waals surface area contributed by atoms with E-state index < -0.39 is 10.0 Å². The van der Waals surface area contributed by atoms with Crippen LogP contribution in [0.15, 0.2) is 29.2 Å². The Morgan fingerprint density at radius 3 is 2.43 bits per heavy atom. The molecule has 2 rings (SSSR count). The maximum atomic E-state index is 12.7. The van der Waals surface area contributed by atoms with E-state index in [4.69, 9.17) is 5.11 Å². The Kier molecular flexibility index (Phi) is 6.19. The maximum Gasteiger partial charge on any atom is 0.243 e. The molecule has 1 N–H and O–H groups in total. The van der Waals surface area contributed by atoms with E-state index >= 15 is 0 Å². The lowest BCUT2D eigenvalue weighted by molar-refractivity contribution is 0.202. The molecule has 1 heterocycles. The molecule has 0 bridgehead atoms. The molecule has 1 fully saturated rings. The molecule has 0 radical (unpaired) electrons. The highest BCUT2D eigenvalue weighted by atomic mass is 79.9. The van der Waals surface area contributed by atoms with Crippen LogP contribution in [0.1, 0.15) is 12.0 Å². The molecule has 0 unspecified atom stereocenters. The van der Waals surface area contributed by atoms with Crippen LogP contribution < -0.4 is 0 Å². The van der Waals surface area contributed by atoms with Gasteiger partial charge in [-0.25, -0.2) is 8.42 Å². The second kappa shape index (κ2) is 7.69. The monoisotopic (exact) mass is 376 g/mol. The first-order valence-electron chi connectivity index (χ1n) is 7.06. The van der Waals surface area contributed by atoms with E-state index in [9.17, 15) is 8.42 Å². The predicted octanol–water partition coefficient (Wildman–Crippen LogP) is 1.27. The van der Waals surface area contributed by atoms with Gasteiger partial charge >= 0.3 is 0 Å². The summed E-state index contributed by atoms with van der Waals surface area (Å²) in [7, 11) is -3.42. The number of β-amino-alcohol motifs (C(OH)–C–C–N with tert-alkyl or cyclic N) is 1. The molecule has 5 nitrogen and oxygen atoms in total. The molecule has 0 atom stereocenters. The zero-order valence-electron chi connectivity index (χ0n) is 11.9. The molecule has 1 aromatic carbocycles. The number of sulfonamides is 1. The standard InChI is InChI=1S/C14H21BrN2O3S/c15-12-13-2-4-14(5-3-13)21(19,20)17-7-1-6-16(8-9-17)10-11-18/h2-5,18H,1,6-12H2. The van der Waals surface area contributed by atoms with Crippen molar-refractivity contribution in [2.75, 3.05) is 39.3 Å². The second-order valence-corrected chi connectivity index (χ2v) is 7.60. The SMILES string of the molecule is O=S(=O)(c1ccc(CBr)cc1)N1CCCN(CCO)CC1. The Bertz CT molecular complexity index is 548. The average molecular weight is 377 g/mol. The summed E-state index contributed by atoms with van der Waals surface area (Å²) in [6, 6.07) is 7.00. The Balaban J connectivity index is 2.11. The molecule has 1 aromatic rings. The molecule has 0 saturated carbocycles. The number of aliphatic hydroxyl groups excluding tert-OH is 1. The summed E-state index contributed by atoms with van der Waals surface area (Å²) in [5.41, 5.74) is 1.05. The van der Waals surface area contributed by atoms with Crippen LogP contribution in [0.25, 0.3) is 0 Å². The smallest absolute Gasteiger partial charge is 0.243 e. The molecule has 1 aliphatic rings. The van der Waals surface area contributed by atoms with Crippen molar-refractivity contribution in [1.82, 2.24) is 9.21 Å². The van der Waals surface area contributed by atoms with Crippen LogP contribution in [0.4, 0.5) is 0 Å². The summed E-state index contributed by atoms with van der Waals surface area (Å²) >= 11 is 3.35. The van der Waals surface area contributed by atoms with Crippen molar-refractivity contribution in [3.63, 3.8) is 0 Å². The van der Waals surface area contributed by atoms with Gasteiger partial charge < -0.3 is 5.11 Å². The van der Waals surface area contributed by atoms with E-state index in [1.54, 1.807) is 16.4 Å². The molecule has 1 aliphatic heterocycles. The summed E-state index contributed by atoms with van der Waals surface area (Å²) in [6.45, 7) is 3.22. The summed E-state index contributed by atoms with van der Waals surface area (Å²) in [5.74, 6) is 0. The molecular formula is C14H21BrN2O3S. The van der Waals surface area contributed by atoms with E-state index in [2.05, 4.69) is 20.8 Å². The van der Waals surface area contributed by atoms with Crippen molar-refractivity contribution >= 4 is 26.0 Å². The van der Waals surface area contributed by atoms with Crippen LogP contribution in [0.2, 0.25) is 0 Å². The molecule has 0 amide bonds. The first-order valence-corrected chi connectivity index (χ1v) is 9.62. The Hall–Kier alpha value is -0.470. The fourth-order valence-electron chi connectivity index (χ4n) is 2.45. The van der Waals surface area contributed by atoms with Gasteiger partial charge in [0.05, 0.1) is 11.5 Å². The predicted molar refractivity (Wildman–Crippen MR) is 86.0 cm³/mol. The molecule has 0 aromatic heterocycles. The molecule has 21 heavy (non-hydrogen) atoms. The van der Waals surface area contributed by atoms with Crippen molar-refractivity contribution in [2.24, 2.45) is 0 Å². The van der Waals surface area contributed by atoms with Crippen molar-refractivity contribution in [3.05, 3.63) is 29.8 Å². The van der Waals surface area contributed by atoms with Crippen LogP contribution in [0.3, 0.4) is 0 Å². The van der Waals surface area contributed by atoms with Crippen LogP contribution in [-0.4, -0.2) is 62.1 Å². The van der Waals surface area contributed by atoms with Crippen LogP contribution in [-0.2, 0) is 15.4 Å². The van der Waals surface area contributed by atoms with Gasteiger partial charge in [0.25, 0.3) is 0 Å². The lowest BCUT2D eigenvalue weighted by Gasteiger charge is -2.21. The van der Waals surface area contributed by atoms with E-state index in [0.717, 1.165) is 18.5 Å². The zero-order valence-corrected chi connectivity index (χ0v) is 14.3.